The lowest BCUT2D eigenvalue weighted by Gasteiger charge is -2.16. The summed E-state index contributed by atoms with van der Waals surface area (Å²) in [5.41, 5.74) is 3.67. The standard InChI is InChI=1S/C20H26INO2/c1-4-11-24-20-18(21)12-16(13-19(20)23-6-3)14-22-17-9-7-15(5-2)8-10-17/h7-10,12-13,22H,4-6,11,14H2,1-3H3. The Kier molecular flexibility index (Phi) is 7.69. The van der Waals surface area contributed by atoms with Crippen molar-refractivity contribution in [1.82, 2.24) is 0 Å². The Bertz CT molecular complexity index is 641. The molecule has 1 N–H and O–H groups in total. The number of ether oxygens (including phenoxy) is 2. The van der Waals surface area contributed by atoms with Crippen LogP contribution in [-0.4, -0.2) is 13.2 Å². The van der Waals surface area contributed by atoms with Crippen molar-refractivity contribution in [3.63, 3.8) is 0 Å². The van der Waals surface area contributed by atoms with Gasteiger partial charge in [-0.3, -0.25) is 0 Å². The molecular formula is C20H26INO2. The van der Waals surface area contributed by atoms with Crippen molar-refractivity contribution < 1.29 is 9.47 Å². The third-order valence-corrected chi connectivity index (χ3v) is 4.48. The fourth-order valence-electron chi connectivity index (χ4n) is 2.39. The first-order valence-corrected chi connectivity index (χ1v) is 9.66. The van der Waals surface area contributed by atoms with Gasteiger partial charge in [0.15, 0.2) is 11.5 Å². The van der Waals surface area contributed by atoms with E-state index in [0.717, 1.165) is 40.1 Å². The molecule has 0 heterocycles. The maximum Gasteiger partial charge on any atom is 0.174 e. The number of aryl methyl sites for hydroxylation is 1. The fourth-order valence-corrected chi connectivity index (χ4v) is 3.21. The number of hydrogen-bond donors (Lipinski definition) is 1. The first kappa shape index (κ1) is 18.9. The molecule has 0 amide bonds. The summed E-state index contributed by atoms with van der Waals surface area (Å²) in [6.45, 7) is 8.37. The highest BCUT2D eigenvalue weighted by molar-refractivity contribution is 14.1. The van der Waals surface area contributed by atoms with Crippen molar-refractivity contribution >= 4 is 28.3 Å². The molecule has 0 radical (unpaired) electrons. The van der Waals surface area contributed by atoms with Crippen molar-refractivity contribution in [2.24, 2.45) is 0 Å². The van der Waals surface area contributed by atoms with Gasteiger partial charge in [0.25, 0.3) is 0 Å². The van der Waals surface area contributed by atoms with Crippen molar-refractivity contribution in [3.05, 3.63) is 51.1 Å². The average molecular weight is 439 g/mol. The molecule has 0 aliphatic heterocycles. The van der Waals surface area contributed by atoms with E-state index < -0.39 is 0 Å². The molecule has 2 rings (SSSR count). The molecule has 0 bridgehead atoms. The SMILES string of the molecule is CCCOc1c(I)cc(CNc2ccc(CC)cc2)cc1OCC. The molecule has 0 saturated heterocycles. The number of anilines is 1. The summed E-state index contributed by atoms with van der Waals surface area (Å²) < 4.78 is 12.7. The molecule has 0 atom stereocenters. The Balaban J connectivity index is 2.11. The zero-order valence-corrected chi connectivity index (χ0v) is 16.9. The minimum absolute atomic E-state index is 0.633. The molecule has 24 heavy (non-hydrogen) atoms. The van der Waals surface area contributed by atoms with Crippen LogP contribution in [0, 0.1) is 3.57 Å². The Morgan fingerprint density at radius 3 is 2.33 bits per heavy atom. The van der Waals surface area contributed by atoms with Crippen LogP contribution in [-0.2, 0) is 13.0 Å². The van der Waals surface area contributed by atoms with Crippen molar-refractivity contribution in [2.75, 3.05) is 18.5 Å². The molecule has 0 spiro atoms. The number of hydrogen-bond acceptors (Lipinski definition) is 3. The van der Waals surface area contributed by atoms with Crippen molar-refractivity contribution in [3.8, 4) is 11.5 Å². The second kappa shape index (κ2) is 9.77. The summed E-state index contributed by atoms with van der Waals surface area (Å²) in [6.07, 6.45) is 2.05. The first-order valence-electron chi connectivity index (χ1n) is 8.58. The van der Waals surface area contributed by atoms with Crippen LogP contribution < -0.4 is 14.8 Å². The highest BCUT2D eigenvalue weighted by atomic mass is 127. The van der Waals surface area contributed by atoms with Gasteiger partial charge in [-0.1, -0.05) is 26.0 Å². The van der Waals surface area contributed by atoms with Gasteiger partial charge >= 0.3 is 0 Å². The molecule has 4 heteroatoms. The van der Waals surface area contributed by atoms with Crippen LogP contribution in [0.1, 0.15) is 38.3 Å². The highest BCUT2D eigenvalue weighted by Crippen LogP contribution is 2.34. The van der Waals surface area contributed by atoms with E-state index in [1.54, 1.807) is 0 Å². The molecular weight excluding hydrogens is 413 g/mol. The van der Waals surface area contributed by atoms with E-state index in [1.165, 1.54) is 11.1 Å². The van der Waals surface area contributed by atoms with Crippen LogP contribution in [0.15, 0.2) is 36.4 Å². The average Bonchev–Trinajstić information content (AvgIpc) is 2.60. The smallest absolute Gasteiger partial charge is 0.174 e. The van der Waals surface area contributed by atoms with E-state index in [9.17, 15) is 0 Å². The van der Waals surface area contributed by atoms with Gasteiger partial charge in [0.05, 0.1) is 16.8 Å². The second-order valence-corrected chi connectivity index (χ2v) is 6.75. The maximum absolute atomic E-state index is 5.86. The lowest BCUT2D eigenvalue weighted by atomic mass is 10.1. The summed E-state index contributed by atoms with van der Waals surface area (Å²) in [5, 5.41) is 3.47. The predicted octanol–water partition coefficient (Wildman–Crippen LogP) is 5.65. The van der Waals surface area contributed by atoms with Gasteiger partial charge in [0, 0.05) is 12.2 Å². The molecule has 0 fully saturated rings. The molecule has 0 aliphatic rings. The van der Waals surface area contributed by atoms with Crippen LogP contribution in [0.3, 0.4) is 0 Å². The van der Waals surface area contributed by atoms with Gasteiger partial charge in [-0.15, -0.1) is 0 Å². The number of rotatable bonds is 9. The van der Waals surface area contributed by atoms with E-state index in [1.807, 2.05) is 6.92 Å². The zero-order chi connectivity index (χ0) is 17.4. The van der Waals surface area contributed by atoms with E-state index in [0.29, 0.717) is 13.2 Å². The molecule has 0 aromatic heterocycles. The van der Waals surface area contributed by atoms with Crippen LogP contribution in [0.2, 0.25) is 0 Å². The molecule has 0 unspecified atom stereocenters. The van der Waals surface area contributed by atoms with Gasteiger partial charge in [-0.2, -0.15) is 0 Å². The Hall–Kier alpha value is -1.43. The normalized spacial score (nSPS) is 10.5. The Morgan fingerprint density at radius 2 is 1.71 bits per heavy atom. The van der Waals surface area contributed by atoms with Crippen LogP contribution in [0.4, 0.5) is 5.69 Å². The van der Waals surface area contributed by atoms with Crippen LogP contribution >= 0.6 is 22.6 Å². The quantitative estimate of drug-likeness (QED) is 0.512. The van der Waals surface area contributed by atoms with Gasteiger partial charge in [-0.05, 0) is 77.7 Å². The summed E-state index contributed by atoms with van der Waals surface area (Å²) in [6, 6.07) is 12.8. The molecule has 0 saturated carbocycles. The minimum atomic E-state index is 0.633. The molecule has 130 valence electrons. The Morgan fingerprint density at radius 1 is 0.958 bits per heavy atom. The van der Waals surface area contributed by atoms with Crippen LogP contribution in [0.5, 0.6) is 11.5 Å². The fraction of sp³-hybridized carbons (Fsp3) is 0.400. The third kappa shape index (κ3) is 5.30. The van der Waals surface area contributed by atoms with Gasteiger partial charge in [0.1, 0.15) is 0 Å². The summed E-state index contributed by atoms with van der Waals surface area (Å²) in [7, 11) is 0. The van der Waals surface area contributed by atoms with Crippen molar-refractivity contribution in [1.29, 1.82) is 0 Å². The lowest BCUT2D eigenvalue weighted by Crippen LogP contribution is -2.05. The zero-order valence-electron chi connectivity index (χ0n) is 14.7. The minimum Gasteiger partial charge on any atom is -0.490 e. The Labute approximate surface area is 158 Å². The van der Waals surface area contributed by atoms with Crippen molar-refractivity contribution in [2.45, 2.75) is 40.2 Å². The molecule has 3 nitrogen and oxygen atoms in total. The number of benzene rings is 2. The first-order chi connectivity index (χ1) is 11.7. The molecule has 0 aliphatic carbocycles. The summed E-state index contributed by atoms with van der Waals surface area (Å²) >= 11 is 2.32. The van der Waals surface area contributed by atoms with E-state index in [4.69, 9.17) is 9.47 Å². The monoisotopic (exact) mass is 439 g/mol. The highest BCUT2D eigenvalue weighted by Gasteiger charge is 2.12. The number of halogens is 1. The summed E-state index contributed by atoms with van der Waals surface area (Å²) in [4.78, 5) is 0. The summed E-state index contributed by atoms with van der Waals surface area (Å²) in [5.74, 6) is 1.69. The van der Waals surface area contributed by atoms with Crippen LogP contribution in [0.25, 0.3) is 0 Å². The third-order valence-electron chi connectivity index (χ3n) is 3.68. The van der Waals surface area contributed by atoms with Gasteiger partial charge in [-0.25, -0.2) is 0 Å². The largest absolute Gasteiger partial charge is 0.490 e. The van der Waals surface area contributed by atoms with Gasteiger partial charge in [0.2, 0.25) is 0 Å². The van der Waals surface area contributed by atoms with E-state index in [2.05, 4.69) is 78.2 Å². The topological polar surface area (TPSA) is 30.5 Å². The molecule has 2 aromatic rings. The predicted molar refractivity (Wildman–Crippen MR) is 109 cm³/mol. The lowest BCUT2D eigenvalue weighted by molar-refractivity contribution is 0.275. The molecule has 2 aromatic carbocycles. The van der Waals surface area contributed by atoms with E-state index >= 15 is 0 Å². The van der Waals surface area contributed by atoms with E-state index in [-0.39, 0.29) is 0 Å². The maximum atomic E-state index is 5.86. The number of nitrogens with one attached hydrogen (secondary N) is 1. The van der Waals surface area contributed by atoms with Gasteiger partial charge < -0.3 is 14.8 Å². The second-order valence-electron chi connectivity index (χ2n) is 5.59.